The Morgan fingerprint density at radius 3 is 2.68 bits per heavy atom. The number of aryl methyl sites for hydroxylation is 1. The maximum atomic E-state index is 5.47. The zero-order chi connectivity index (χ0) is 13.7. The van der Waals surface area contributed by atoms with Gasteiger partial charge in [0, 0.05) is 11.8 Å². The van der Waals surface area contributed by atoms with Gasteiger partial charge in [-0.15, -0.1) is 0 Å². The molecule has 0 fully saturated rings. The molecule has 0 spiro atoms. The minimum absolute atomic E-state index is 0.0577. The molecule has 0 bridgehead atoms. The zero-order valence-corrected chi connectivity index (χ0v) is 11.7. The van der Waals surface area contributed by atoms with E-state index >= 15 is 0 Å². The predicted molar refractivity (Wildman–Crippen MR) is 77.5 cm³/mol. The van der Waals surface area contributed by atoms with E-state index in [0.717, 1.165) is 23.6 Å². The molecule has 100 valence electrons. The quantitative estimate of drug-likeness (QED) is 0.892. The van der Waals surface area contributed by atoms with E-state index < -0.39 is 0 Å². The third-order valence-corrected chi connectivity index (χ3v) is 3.18. The van der Waals surface area contributed by atoms with Gasteiger partial charge < -0.3 is 10.1 Å². The Morgan fingerprint density at radius 1 is 1.21 bits per heavy atom. The van der Waals surface area contributed by atoms with Crippen LogP contribution in [0.3, 0.4) is 0 Å². The average molecular weight is 256 g/mol. The molecule has 0 aliphatic heterocycles. The molecule has 0 radical (unpaired) electrons. The van der Waals surface area contributed by atoms with E-state index in [1.165, 1.54) is 5.56 Å². The van der Waals surface area contributed by atoms with Gasteiger partial charge in [-0.3, -0.25) is 4.98 Å². The zero-order valence-electron chi connectivity index (χ0n) is 11.7. The van der Waals surface area contributed by atoms with Crippen LogP contribution in [0.2, 0.25) is 0 Å². The van der Waals surface area contributed by atoms with Gasteiger partial charge in [0.05, 0.1) is 18.8 Å². The van der Waals surface area contributed by atoms with Crippen LogP contribution in [0, 0.1) is 6.92 Å². The lowest BCUT2D eigenvalue weighted by Gasteiger charge is -2.21. The van der Waals surface area contributed by atoms with Crippen molar-refractivity contribution in [2.75, 3.05) is 13.7 Å². The van der Waals surface area contributed by atoms with Crippen LogP contribution in [0.25, 0.3) is 0 Å². The lowest BCUT2D eigenvalue weighted by atomic mass is 9.99. The predicted octanol–water partition coefficient (Wildman–Crippen LogP) is 3.10. The molecule has 3 nitrogen and oxygen atoms in total. The summed E-state index contributed by atoms with van der Waals surface area (Å²) < 4.78 is 5.47. The van der Waals surface area contributed by atoms with Crippen LogP contribution >= 0.6 is 0 Å². The van der Waals surface area contributed by atoms with E-state index in [1.807, 2.05) is 30.5 Å². The van der Waals surface area contributed by atoms with Crippen LogP contribution in [-0.2, 0) is 0 Å². The fourth-order valence-corrected chi connectivity index (χ4v) is 2.26. The normalized spacial score (nSPS) is 12.2. The van der Waals surface area contributed by atoms with Gasteiger partial charge in [0.2, 0.25) is 0 Å². The molecule has 2 aromatic rings. The highest BCUT2D eigenvalue weighted by Crippen LogP contribution is 2.30. The van der Waals surface area contributed by atoms with Crippen molar-refractivity contribution < 1.29 is 4.74 Å². The molecule has 1 unspecified atom stereocenters. The average Bonchev–Trinajstić information content (AvgIpc) is 2.46. The summed E-state index contributed by atoms with van der Waals surface area (Å²) in [6.07, 6.45) is 1.84. The second kappa shape index (κ2) is 6.34. The number of hydrogen-bond acceptors (Lipinski definition) is 3. The molecule has 1 aromatic carbocycles. The molecule has 0 saturated heterocycles. The van der Waals surface area contributed by atoms with Gasteiger partial charge in [0.1, 0.15) is 5.75 Å². The molecule has 1 aromatic heterocycles. The number of hydrogen-bond donors (Lipinski definition) is 1. The van der Waals surface area contributed by atoms with Gasteiger partial charge in [-0.2, -0.15) is 0 Å². The van der Waals surface area contributed by atoms with E-state index in [-0.39, 0.29) is 6.04 Å². The van der Waals surface area contributed by atoms with Crippen molar-refractivity contribution in [2.24, 2.45) is 0 Å². The van der Waals surface area contributed by atoms with Crippen LogP contribution in [-0.4, -0.2) is 18.6 Å². The second-order valence-electron chi connectivity index (χ2n) is 4.44. The number of ether oxygens (including phenoxy) is 1. The highest BCUT2D eigenvalue weighted by molar-refractivity contribution is 5.41. The second-order valence-corrected chi connectivity index (χ2v) is 4.44. The third-order valence-electron chi connectivity index (χ3n) is 3.18. The molecule has 19 heavy (non-hydrogen) atoms. The van der Waals surface area contributed by atoms with Gasteiger partial charge >= 0.3 is 0 Å². The van der Waals surface area contributed by atoms with Crippen LogP contribution in [0.15, 0.2) is 42.6 Å². The molecule has 0 aliphatic carbocycles. The summed E-state index contributed by atoms with van der Waals surface area (Å²) in [6, 6.07) is 12.2. The fraction of sp³-hybridized carbons (Fsp3) is 0.312. The Kier molecular flexibility index (Phi) is 4.53. The third kappa shape index (κ3) is 2.93. The summed E-state index contributed by atoms with van der Waals surface area (Å²) in [5.74, 6) is 0.888. The van der Waals surface area contributed by atoms with Crippen LogP contribution in [0.4, 0.5) is 0 Å². The Hall–Kier alpha value is -1.87. The molecule has 3 heteroatoms. The number of para-hydroxylation sites is 1. The van der Waals surface area contributed by atoms with Crippen molar-refractivity contribution in [3.8, 4) is 5.75 Å². The largest absolute Gasteiger partial charge is 0.496 e. The molecule has 1 atom stereocenters. The van der Waals surface area contributed by atoms with E-state index in [0.29, 0.717) is 0 Å². The first-order chi connectivity index (χ1) is 9.27. The van der Waals surface area contributed by atoms with Gasteiger partial charge in [0.25, 0.3) is 0 Å². The first-order valence-corrected chi connectivity index (χ1v) is 6.55. The molecule has 1 heterocycles. The summed E-state index contributed by atoms with van der Waals surface area (Å²) in [4.78, 5) is 4.53. The van der Waals surface area contributed by atoms with Gasteiger partial charge in [0.15, 0.2) is 0 Å². The lowest BCUT2D eigenvalue weighted by Crippen LogP contribution is -2.24. The Balaban J connectivity index is 2.49. The smallest absolute Gasteiger partial charge is 0.124 e. The van der Waals surface area contributed by atoms with E-state index in [4.69, 9.17) is 4.74 Å². The first-order valence-electron chi connectivity index (χ1n) is 6.55. The molecule has 2 rings (SSSR count). The van der Waals surface area contributed by atoms with E-state index in [1.54, 1.807) is 7.11 Å². The van der Waals surface area contributed by atoms with Gasteiger partial charge in [-0.05, 0) is 31.2 Å². The summed E-state index contributed by atoms with van der Waals surface area (Å²) in [5, 5.41) is 3.49. The Bertz CT molecular complexity index is 540. The molecule has 0 saturated carbocycles. The SMILES string of the molecule is CCNC(c1ccccc1OC)c1ncccc1C. The number of methoxy groups -OCH3 is 1. The van der Waals surface area contributed by atoms with Crippen molar-refractivity contribution in [1.82, 2.24) is 10.3 Å². The number of pyridine rings is 1. The van der Waals surface area contributed by atoms with Crippen LogP contribution in [0.1, 0.15) is 29.8 Å². The summed E-state index contributed by atoms with van der Waals surface area (Å²) in [5.41, 5.74) is 3.35. The molecule has 1 N–H and O–H groups in total. The standard InChI is InChI=1S/C16H20N2O/c1-4-17-16(15-12(2)8-7-11-18-15)13-9-5-6-10-14(13)19-3/h5-11,16-17H,4H2,1-3H3. The topological polar surface area (TPSA) is 34.1 Å². The number of benzene rings is 1. The Labute approximate surface area is 114 Å². The number of nitrogens with one attached hydrogen (secondary N) is 1. The van der Waals surface area contributed by atoms with Crippen molar-refractivity contribution in [1.29, 1.82) is 0 Å². The minimum Gasteiger partial charge on any atom is -0.496 e. The highest BCUT2D eigenvalue weighted by atomic mass is 16.5. The lowest BCUT2D eigenvalue weighted by molar-refractivity contribution is 0.403. The number of rotatable bonds is 5. The monoisotopic (exact) mass is 256 g/mol. The van der Waals surface area contributed by atoms with Crippen molar-refractivity contribution >= 4 is 0 Å². The molecular formula is C16H20N2O. The number of nitrogens with zero attached hydrogens (tertiary/aromatic N) is 1. The summed E-state index contributed by atoms with van der Waals surface area (Å²) in [7, 11) is 1.70. The maximum absolute atomic E-state index is 5.47. The van der Waals surface area contributed by atoms with Gasteiger partial charge in [-0.25, -0.2) is 0 Å². The Morgan fingerprint density at radius 2 is 2.00 bits per heavy atom. The van der Waals surface area contributed by atoms with Crippen molar-refractivity contribution in [3.05, 3.63) is 59.4 Å². The van der Waals surface area contributed by atoms with E-state index in [2.05, 4.69) is 36.3 Å². The summed E-state index contributed by atoms with van der Waals surface area (Å²) in [6.45, 7) is 5.06. The van der Waals surface area contributed by atoms with Crippen LogP contribution < -0.4 is 10.1 Å². The maximum Gasteiger partial charge on any atom is 0.124 e. The molecule has 0 aliphatic rings. The van der Waals surface area contributed by atoms with Crippen molar-refractivity contribution in [2.45, 2.75) is 19.9 Å². The summed E-state index contributed by atoms with van der Waals surface area (Å²) >= 11 is 0. The molecule has 0 amide bonds. The van der Waals surface area contributed by atoms with Gasteiger partial charge in [-0.1, -0.05) is 31.2 Å². The number of aromatic nitrogens is 1. The van der Waals surface area contributed by atoms with Crippen LogP contribution in [0.5, 0.6) is 5.75 Å². The van der Waals surface area contributed by atoms with Crippen molar-refractivity contribution in [3.63, 3.8) is 0 Å². The highest BCUT2D eigenvalue weighted by Gasteiger charge is 2.19. The minimum atomic E-state index is 0.0577. The molecular weight excluding hydrogens is 236 g/mol. The van der Waals surface area contributed by atoms with E-state index in [9.17, 15) is 0 Å². The first kappa shape index (κ1) is 13.6. The fourth-order valence-electron chi connectivity index (χ4n) is 2.26.